The molecule has 46 heavy (non-hydrogen) atoms. The van der Waals surface area contributed by atoms with Gasteiger partial charge in [0.15, 0.2) is 15.5 Å². The minimum absolute atomic E-state index is 0.175. The van der Waals surface area contributed by atoms with Crippen LogP contribution >= 0.6 is 15.9 Å². The second kappa shape index (κ2) is 17.0. The van der Waals surface area contributed by atoms with Crippen LogP contribution in [0.25, 0.3) is 0 Å². The first-order valence-corrected chi connectivity index (χ1v) is 18.2. The Bertz CT molecular complexity index is 1610. The molecule has 0 spiro atoms. The Kier molecular flexibility index (Phi) is 12.3. The summed E-state index contributed by atoms with van der Waals surface area (Å²) in [4.78, 5) is 15.1. The maximum absolute atomic E-state index is 12.7. The summed E-state index contributed by atoms with van der Waals surface area (Å²) in [7, 11) is -0.248. The van der Waals surface area contributed by atoms with Crippen molar-refractivity contribution in [3.63, 3.8) is 0 Å². The van der Waals surface area contributed by atoms with E-state index < -0.39 is 6.15 Å². The van der Waals surface area contributed by atoms with Crippen molar-refractivity contribution in [2.45, 2.75) is 35.9 Å². The summed E-state index contributed by atoms with van der Waals surface area (Å²) in [6, 6.07) is 61.3. The van der Waals surface area contributed by atoms with Gasteiger partial charge in [0.05, 0.1) is 17.0 Å². The number of hydrogen-bond acceptors (Lipinski definition) is 1. The number of hydrogen-bond donors (Lipinski definition) is 0. The Morgan fingerprint density at radius 1 is 0.543 bits per heavy atom. The third kappa shape index (κ3) is 8.37. The van der Waals surface area contributed by atoms with Crippen molar-refractivity contribution in [3.8, 4) is 0 Å². The van der Waals surface area contributed by atoms with Gasteiger partial charge in [-0.3, -0.25) is 4.79 Å². The highest BCUT2D eigenvalue weighted by Gasteiger charge is 2.30. The van der Waals surface area contributed by atoms with Gasteiger partial charge in [0.2, 0.25) is 5.78 Å². The number of halogens is 1. The average molecular weight is 684 g/mol. The highest BCUT2D eigenvalue weighted by Crippen LogP contribution is 2.25. The summed E-state index contributed by atoms with van der Waals surface area (Å²) < 4.78 is 0.985. The molecule has 0 atom stereocenters. The quantitative estimate of drug-likeness (QED) is 0.0756. The topological polar surface area (TPSA) is 17.1 Å². The third-order valence-corrected chi connectivity index (χ3v) is 11.4. The number of rotatable bonds is 11. The second-order valence-electron chi connectivity index (χ2n) is 11.5. The third-order valence-electron chi connectivity index (χ3n) is 8.59. The first-order chi connectivity index (χ1) is 22.6. The summed E-state index contributed by atoms with van der Waals surface area (Å²) in [6.07, 6.45) is 2.73. The lowest BCUT2D eigenvalue weighted by atomic mass is 9.14. The fourth-order valence-corrected chi connectivity index (χ4v) is 8.52. The van der Waals surface area contributed by atoms with Crippen LogP contribution in [0.5, 0.6) is 0 Å². The van der Waals surface area contributed by atoms with Gasteiger partial charge in [-0.1, -0.05) is 175 Å². The molecule has 0 aromatic heterocycles. The molecular weight excluding hydrogens is 643 g/mol. The van der Waals surface area contributed by atoms with E-state index in [9.17, 15) is 4.79 Å². The van der Waals surface area contributed by atoms with E-state index in [1.807, 2.05) is 60.7 Å². The van der Waals surface area contributed by atoms with Gasteiger partial charge in [0.1, 0.15) is 0 Å². The number of ketones is 1. The summed E-state index contributed by atoms with van der Waals surface area (Å²) in [6.45, 7) is 2.28. The Hall–Kier alpha value is -4.12. The van der Waals surface area contributed by atoms with Crippen molar-refractivity contribution >= 4 is 55.1 Å². The fourth-order valence-electron chi connectivity index (χ4n) is 6.25. The second-order valence-corrected chi connectivity index (χ2v) is 14.4. The van der Waals surface area contributed by atoms with Gasteiger partial charge < -0.3 is 0 Å². The zero-order chi connectivity index (χ0) is 32.0. The largest absolute Gasteiger partial charge is 0.289 e. The SMILES string of the molecule is CCCC[B-](c1ccccc1)(c1ccccc1)c1ccccc1.O=C(C[S+](c1ccccc1)c1ccccc1)c1ccc(Br)cc1. The molecule has 0 aliphatic carbocycles. The smallest absolute Gasteiger partial charge is 0.212 e. The van der Waals surface area contributed by atoms with Crippen molar-refractivity contribution in [1.29, 1.82) is 0 Å². The maximum Gasteiger partial charge on any atom is 0.212 e. The molecule has 0 radical (unpaired) electrons. The molecule has 0 aliphatic rings. The van der Waals surface area contributed by atoms with Crippen LogP contribution in [0.4, 0.5) is 0 Å². The number of unbranched alkanes of at least 4 members (excludes halogenated alkanes) is 1. The lowest BCUT2D eigenvalue weighted by molar-refractivity contribution is 0.102. The Morgan fingerprint density at radius 2 is 0.913 bits per heavy atom. The van der Waals surface area contributed by atoms with Crippen LogP contribution in [-0.4, -0.2) is 17.7 Å². The van der Waals surface area contributed by atoms with Gasteiger partial charge in [-0.2, -0.15) is 22.7 Å². The molecule has 1 nitrogen and oxygen atoms in total. The Labute approximate surface area is 286 Å². The van der Waals surface area contributed by atoms with Crippen molar-refractivity contribution < 1.29 is 4.79 Å². The van der Waals surface area contributed by atoms with Gasteiger partial charge in [-0.05, 0) is 36.4 Å². The zero-order valence-corrected chi connectivity index (χ0v) is 28.7. The molecule has 0 heterocycles. The summed E-state index contributed by atoms with van der Waals surface area (Å²) in [5.74, 6) is 0.670. The van der Waals surface area contributed by atoms with Crippen LogP contribution in [0, 0.1) is 0 Å². The number of Topliss-reactive ketones (excluding diaryl/α,β-unsaturated/α-hetero) is 1. The van der Waals surface area contributed by atoms with E-state index >= 15 is 0 Å². The lowest BCUT2D eigenvalue weighted by Gasteiger charge is -2.43. The monoisotopic (exact) mass is 682 g/mol. The van der Waals surface area contributed by atoms with Crippen LogP contribution in [0.15, 0.2) is 190 Å². The van der Waals surface area contributed by atoms with E-state index in [2.05, 4.69) is 138 Å². The van der Waals surface area contributed by atoms with Crippen LogP contribution in [-0.2, 0) is 10.9 Å². The highest BCUT2D eigenvalue weighted by molar-refractivity contribution is 9.10. The minimum Gasteiger partial charge on any atom is -0.289 e. The molecule has 6 rings (SSSR count). The minimum atomic E-state index is -0.913. The lowest BCUT2D eigenvalue weighted by Crippen LogP contribution is -2.66. The van der Waals surface area contributed by atoms with E-state index in [0.717, 1.165) is 10.0 Å². The molecule has 230 valence electrons. The van der Waals surface area contributed by atoms with Crippen LogP contribution < -0.4 is 16.4 Å². The molecule has 6 aromatic carbocycles. The number of carbonyl (C=O) groups excluding carboxylic acids is 1. The van der Waals surface area contributed by atoms with Gasteiger partial charge in [-0.25, -0.2) is 0 Å². The first kappa shape index (κ1) is 33.3. The standard InChI is InChI=1S/C22H24B.C20H16BrOS/c1-2-3-19-23(20-13-7-4-8-14-20,21-15-9-5-10-16-21)22-17-11-6-12-18-22;21-17-13-11-16(12-14-17)20(22)15-23(18-7-3-1-4-8-18)19-9-5-2-6-10-19/h4-18H,2-3,19H2,1H3;1-14H,15H2/q-1;+1. The molecule has 0 N–H and O–H groups in total. The van der Waals surface area contributed by atoms with Crippen LogP contribution in [0.3, 0.4) is 0 Å². The van der Waals surface area contributed by atoms with E-state index in [1.54, 1.807) is 0 Å². The Balaban J connectivity index is 0.000000181. The van der Waals surface area contributed by atoms with E-state index in [1.165, 1.54) is 45.3 Å². The summed E-state index contributed by atoms with van der Waals surface area (Å²) in [5.41, 5.74) is 5.09. The normalized spacial score (nSPS) is 11.0. The molecule has 0 fully saturated rings. The molecule has 4 heteroatoms. The number of benzene rings is 6. The molecular formula is C42H40BBrOS. The van der Waals surface area contributed by atoms with E-state index in [0.29, 0.717) is 5.75 Å². The van der Waals surface area contributed by atoms with Crippen molar-refractivity contribution in [1.82, 2.24) is 0 Å². The van der Waals surface area contributed by atoms with Gasteiger partial charge >= 0.3 is 0 Å². The van der Waals surface area contributed by atoms with Gasteiger partial charge in [-0.15, -0.1) is 0 Å². The predicted molar refractivity (Wildman–Crippen MR) is 204 cm³/mol. The van der Waals surface area contributed by atoms with Crippen LogP contribution in [0.2, 0.25) is 6.32 Å². The molecule has 0 amide bonds. The van der Waals surface area contributed by atoms with Gasteiger partial charge in [0.25, 0.3) is 0 Å². The number of carbonyl (C=O) groups is 1. The summed E-state index contributed by atoms with van der Waals surface area (Å²) in [5, 5.41) is 0. The molecule has 0 saturated heterocycles. The Morgan fingerprint density at radius 3 is 1.28 bits per heavy atom. The molecule has 0 unspecified atom stereocenters. The fraction of sp³-hybridized carbons (Fsp3) is 0.119. The van der Waals surface area contributed by atoms with Crippen molar-refractivity contribution in [2.24, 2.45) is 0 Å². The highest BCUT2D eigenvalue weighted by atomic mass is 79.9. The molecule has 6 aromatic rings. The summed E-state index contributed by atoms with van der Waals surface area (Å²) >= 11 is 3.41. The van der Waals surface area contributed by atoms with E-state index in [4.69, 9.17) is 0 Å². The maximum atomic E-state index is 12.7. The first-order valence-electron chi connectivity index (χ1n) is 16.0. The van der Waals surface area contributed by atoms with Gasteiger partial charge in [0, 0.05) is 10.0 Å². The zero-order valence-electron chi connectivity index (χ0n) is 26.3. The molecule has 0 bridgehead atoms. The van der Waals surface area contributed by atoms with Crippen molar-refractivity contribution in [3.05, 3.63) is 186 Å². The van der Waals surface area contributed by atoms with Crippen molar-refractivity contribution in [2.75, 3.05) is 5.75 Å². The molecule has 0 aliphatic heterocycles. The molecule has 0 saturated carbocycles. The average Bonchev–Trinajstić information content (AvgIpc) is 3.13. The van der Waals surface area contributed by atoms with Crippen LogP contribution in [0.1, 0.15) is 30.1 Å². The predicted octanol–water partition coefficient (Wildman–Crippen LogP) is 9.33. The van der Waals surface area contributed by atoms with E-state index in [-0.39, 0.29) is 16.7 Å².